The number of halogens is 1. The van der Waals surface area contributed by atoms with Crippen LogP contribution in [-0.4, -0.2) is 35.5 Å². The minimum Gasteiger partial charge on any atom is -0.482 e. The number of hydrogen-bond acceptors (Lipinski definition) is 3. The SMILES string of the molecule is CN(Cc1ccc(OCC(=O)O)cc1)C(=O)C(C)(C)c1cccc(F)c1. The molecular weight excluding hydrogens is 337 g/mol. The first-order valence-electron chi connectivity index (χ1n) is 8.15. The maximum Gasteiger partial charge on any atom is 0.341 e. The largest absolute Gasteiger partial charge is 0.482 e. The third-order valence-electron chi connectivity index (χ3n) is 4.13. The molecule has 1 amide bonds. The highest BCUT2D eigenvalue weighted by molar-refractivity contribution is 5.87. The van der Waals surface area contributed by atoms with Crippen molar-refractivity contribution in [3.05, 3.63) is 65.5 Å². The lowest BCUT2D eigenvalue weighted by atomic mass is 9.83. The van der Waals surface area contributed by atoms with E-state index in [0.717, 1.165) is 5.56 Å². The van der Waals surface area contributed by atoms with E-state index < -0.39 is 18.0 Å². The van der Waals surface area contributed by atoms with Crippen LogP contribution < -0.4 is 4.74 Å². The van der Waals surface area contributed by atoms with Crippen LogP contribution >= 0.6 is 0 Å². The van der Waals surface area contributed by atoms with Crippen molar-refractivity contribution in [2.45, 2.75) is 25.8 Å². The molecule has 0 unspecified atom stereocenters. The number of carboxylic acids is 1. The van der Waals surface area contributed by atoms with Gasteiger partial charge in [0.2, 0.25) is 5.91 Å². The number of rotatable bonds is 7. The fourth-order valence-electron chi connectivity index (χ4n) is 2.66. The monoisotopic (exact) mass is 359 g/mol. The molecule has 0 saturated carbocycles. The number of hydrogen-bond donors (Lipinski definition) is 1. The van der Waals surface area contributed by atoms with Crippen LogP contribution in [0.4, 0.5) is 4.39 Å². The first-order valence-corrected chi connectivity index (χ1v) is 8.15. The van der Waals surface area contributed by atoms with Gasteiger partial charge in [0.05, 0.1) is 5.41 Å². The summed E-state index contributed by atoms with van der Waals surface area (Å²) in [5, 5.41) is 8.60. The first-order chi connectivity index (χ1) is 12.2. The fourth-order valence-corrected chi connectivity index (χ4v) is 2.66. The Hall–Kier alpha value is -2.89. The summed E-state index contributed by atoms with van der Waals surface area (Å²) < 4.78 is 18.6. The molecule has 0 aliphatic rings. The van der Waals surface area contributed by atoms with Crippen molar-refractivity contribution in [3.63, 3.8) is 0 Å². The number of benzene rings is 2. The molecule has 0 atom stereocenters. The van der Waals surface area contributed by atoms with E-state index in [-0.39, 0.29) is 11.7 Å². The van der Waals surface area contributed by atoms with Crippen LogP contribution in [0, 0.1) is 5.82 Å². The van der Waals surface area contributed by atoms with Crippen molar-refractivity contribution >= 4 is 11.9 Å². The van der Waals surface area contributed by atoms with Crippen LogP contribution in [0.15, 0.2) is 48.5 Å². The zero-order chi connectivity index (χ0) is 19.3. The molecule has 0 aliphatic heterocycles. The van der Waals surface area contributed by atoms with E-state index in [0.29, 0.717) is 17.9 Å². The number of amides is 1. The second kappa shape index (κ2) is 7.99. The van der Waals surface area contributed by atoms with Gasteiger partial charge >= 0.3 is 5.97 Å². The van der Waals surface area contributed by atoms with Gasteiger partial charge < -0.3 is 14.7 Å². The average Bonchev–Trinajstić information content (AvgIpc) is 2.60. The van der Waals surface area contributed by atoms with Gasteiger partial charge in [-0.25, -0.2) is 9.18 Å². The van der Waals surface area contributed by atoms with E-state index >= 15 is 0 Å². The normalized spacial score (nSPS) is 11.1. The molecule has 0 saturated heterocycles. The molecule has 2 aromatic carbocycles. The molecule has 0 fully saturated rings. The highest BCUT2D eigenvalue weighted by Gasteiger charge is 2.32. The lowest BCUT2D eigenvalue weighted by molar-refractivity contribution is -0.139. The van der Waals surface area contributed by atoms with E-state index in [4.69, 9.17) is 9.84 Å². The molecule has 0 radical (unpaired) electrons. The Bertz CT molecular complexity index is 787. The zero-order valence-corrected chi connectivity index (χ0v) is 15.0. The molecule has 1 N–H and O–H groups in total. The molecule has 2 aromatic rings. The Kier molecular flexibility index (Phi) is 5.97. The van der Waals surface area contributed by atoms with Gasteiger partial charge in [-0.2, -0.15) is 0 Å². The number of carbonyl (C=O) groups excluding carboxylic acids is 1. The van der Waals surface area contributed by atoms with Crippen molar-refractivity contribution in [3.8, 4) is 5.75 Å². The summed E-state index contributed by atoms with van der Waals surface area (Å²) in [6.07, 6.45) is 0. The molecule has 0 aromatic heterocycles. The summed E-state index contributed by atoms with van der Waals surface area (Å²) >= 11 is 0. The zero-order valence-electron chi connectivity index (χ0n) is 15.0. The molecule has 2 rings (SSSR count). The number of carboxylic acid groups (broad SMARTS) is 1. The third-order valence-corrected chi connectivity index (χ3v) is 4.13. The van der Waals surface area contributed by atoms with Crippen molar-refractivity contribution in [2.75, 3.05) is 13.7 Å². The summed E-state index contributed by atoms with van der Waals surface area (Å²) in [4.78, 5) is 24.9. The molecule has 138 valence electrons. The van der Waals surface area contributed by atoms with E-state index in [1.54, 1.807) is 62.2 Å². The molecule has 5 nitrogen and oxygen atoms in total. The first kappa shape index (κ1) is 19.4. The molecule has 26 heavy (non-hydrogen) atoms. The van der Waals surface area contributed by atoms with Gasteiger partial charge in [-0.15, -0.1) is 0 Å². The van der Waals surface area contributed by atoms with Gasteiger partial charge in [0.1, 0.15) is 11.6 Å². The Morgan fingerprint density at radius 1 is 1.15 bits per heavy atom. The molecular formula is C20H22FNO4. The van der Waals surface area contributed by atoms with Gasteiger partial charge in [0.15, 0.2) is 6.61 Å². The smallest absolute Gasteiger partial charge is 0.341 e. The summed E-state index contributed by atoms with van der Waals surface area (Å²) in [6, 6.07) is 12.9. The summed E-state index contributed by atoms with van der Waals surface area (Å²) in [7, 11) is 1.69. The lowest BCUT2D eigenvalue weighted by Gasteiger charge is -2.30. The number of likely N-dealkylation sites (N-methyl/N-ethyl adjacent to an activating group) is 1. The number of ether oxygens (including phenoxy) is 1. The Labute approximate surface area is 152 Å². The van der Waals surface area contributed by atoms with Gasteiger partial charge in [0, 0.05) is 13.6 Å². The highest BCUT2D eigenvalue weighted by Crippen LogP contribution is 2.26. The Morgan fingerprint density at radius 2 is 1.81 bits per heavy atom. The van der Waals surface area contributed by atoms with Crippen molar-refractivity contribution in [2.24, 2.45) is 0 Å². The van der Waals surface area contributed by atoms with Gasteiger partial charge in [0.25, 0.3) is 0 Å². The summed E-state index contributed by atoms with van der Waals surface area (Å²) in [6.45, 7) is 3.50. The molecule has 0 bridgehead atoms. The second-order valence-corrected chi connectivity index (χ2v) is 6.62. The van der Waals surface area contributed by atoms with Crippen molar-refractivity contribution < 1.29 is 23.8 Å². The highest BCUT2D eigenvalue weighted by atomic mass is 19.1. The molecule has 0 aliphatic carbocycles. The predicted molar refractivity (Wildman–Crippen MR) is 95.5 cm³/mol. The Morgan fingerprint density at radius 3 is 2.38 bits per heavy atom. The van der Waals surface area contributed by atoms with Crippen LogP contribution in [0.25, 0.3) is 0 Å². The number of nitrogens with zero attached hydrogens (tertiary/aromatic N) is 1. The number of aliphatic carboxylic acids is 1. The number of carbonyl (C=O) groups is 2. The van der Waals surface area contributed by atoms with Crippen molar-refractivity contribution in [1.82, 2.24) is 4.90 Å². The van der Waals surface area contributed by atoms with E-state index in [2.05, 4.69) is 0 Å². The van der Waals surface area contributed by atoms with E-state index in [9.17, 15) is 14.0 Å². The van der Waals surface area contributed by atoms with Crippen molar-refractivity contribution in [1.29, 1.82) is 0 Å². The average molecular weight is 359 g/mol. The maximum absolute atomic E-state index is 13.5. The summed E-state index contributed by atoms with van der Waals surface area (Å²) in [5.41, 5.74) is 0.631. The van der Waals surface area contributed by atoms with Crippen LogP contribution in [0.2, 0.25) is 0 Å². The fraction of sp³-hybridized carbons (Fsp3) is 0.300. The van der Waals surface area contributed by atoms with Crippen LogP contribution in [-0.2, 0) is 21.5 Å². The second-order valence-electron chi connectivity index (χ2n) is 6.62. The maximum atomic E-state index is 13.5. The van der Waals surface area contributed by atoms with Gasteiger partial charge in [-0.1, -0.05) is 24.3 Å². The van der Waals surface area contributed by atoms with E-state index in [1.807, 2.05) is 0 Å². The summed E-state index contributed by atoms with van der Waals surface area (Å²) in [5.74, 6) is -1.10. The molecule has 6 heteroatoms. The minimum absolute atomic E-state index is 0.130. The predicted octanol–water partition coefficient (Wildman–Crippen LogP) is 3.23. The van der Waals surface area contributed by atoms with E-state index in [1.165, 1.54) is 12.1 Å². The molecule has 0 heterocycles. The van der Waals surface area contributed by atoms with Crippen LogP contribution in [0.1, 0.15) is 25.0 Å². The quantitative estimate of drug-likeness (QED) is 0.824. The van der Waals surface area contributed by atoms with Gasteiger partial charge in [-0.3, -0.25) is 4.79 Å². The standard InChI is InChI=1S/C20H22FNO4/c1-20(2,15-5-4-6-16(21)11-15)19(25)22(3)12-14-7-9-17(10-8-14)26-13-18(23)24/h4-11H,12-13H2,1-3H3,(H,23,24). The Balaban J connectivity index is 2.05. The van der Waals surface area contributed by atoms with Crippen LogP contribution in [0.3, 0.4) is 0 Å². The van der Waals surface area contributed by atoms with Gasteiger partial charge in [-0.05, 0) is 49.2 Å². The topological polar surface area (TPSA) is 66.8 Å². The third kappa shape index (κ3) is 4.81. The van der Waals surface area contributed by atoms with Crippen LogP contribution in [0.5, 0.6) is 5.75 Å². The molecule has 0 spiro atoms. The lowest BCUT2D eigenvalue weighted by Crippen LogP contribution is -2.41. The minimum atomic E-state index is -1.04.